The van der Waals surface area contributed by atoms with Crippen LogP contribution in [0.3, 0.4) is 0 Å². The number of nitrogens with zero attached hydrogens (tertiary/aromatic N) is 1. The minimum absolute atomic E-state index is 0.00221. The van der Waals surface area contributed by atoms with E-state index in [0.717, 1.165) is 16.4 Å². The molecule has 1 aliphatic heterocycles. The molecule has 0 aliphatic carbocycles. The molecule has 0 radical (unpaired) electrons. The molecular formula is C28H32FN3O7S. The van der Waals surface area contributed by atoms with E-state index >= 15 is 0 Å². The molecule has 2 amide bonds. The minimum Gasteiger partial charge on any atom is -0.497 e. The Morgan fingerprint density at radius 2 is 1.93 bits per heavy atom. The fourth-order valence-corrected chi connectivity index (χ4v) is 6.12. The van der Waals surface area contributed by atoms with Crippen molar-refractivity contribution in [2.75, 3.05) is 20.2 Å². The summed E-state index contributed by atoms with van der Waals surface area (Å²) in [6.07, 6.45) is 0.760. The fourth-order valence-electron chi connectivity index (χ4n) is 4.61. The monoisotopic (exact) mass is 573 g/mol. The second-order valence-electron chi connectivity index (χ2n) is 10.1. The highest BCUT2D eigenvalue weighted by atomic mass is 32.2. The van der Waals surface area contributed by atoms with Crippen LogP contribution in [-0.4, -0.2) is 62.6 Å². The molecule has 10 nitrogen and oxygen atoms in total. The van der Waals surface area contributed by atoms with Crippen molar-refractivity contribution in [3.8, 4) is 5.75 Å². The standard InChI is InChI=1S/C28H32FN3O7S/c1-17(2)13-22(31-28(35)25-15-18-14-19(38-3)10-11-24(18)39-25)27(34)30-21-8-6-12-32(16-23(21)33)40(36,37)26-9-5-4-7-20(26)29/h4-5,7,9-11,14-15,17,21-22H,6,8,12-13,16H2,1-3H3,(H,30,34)(H,31,35). The van der Waals surface area contributed by atoms with Crippen molar-refractivity contribution in [1.29, 1.82) is 0 Å². The summed E-state index contributed by atoms with van der Waals surface area (Å²) < 4.78 is 52.0. The lowest BCUT2D eigenvalue weighted by Crippen LogP contribution is -2.52. The molecule has 1 aliphatic rings. The highest BCUT2D eigenvalue weighted by molar-refractivity contribution is 7.89. The summed E-state index contributed by atoms with van der Waals surface area (Å²) in [6.45, 7) is 3.27. The van der Waals surface area contributed by atoms with Crippen LogP contribution in [0.1, 0.15) is 43.7 Å². The first kappa shape index (κ1) is 29.2. The molecule has 40 heavy (non-hydrogen) atoms. The highest BCUT2D eigenvalue weighted by Crippen LogP contribution is 2.25. The van der Waals surface area contributed by atoms with Gasteiger partial charge < -0.3 is 19.8 Å². The van der Waals surface area contributed by atoms with Gasteiger partial charge in [-0.1, -0.05) is 26.0 Å². The summed E-state index contributed by atoms with van der Waals surface area (Å²) in [6, 6.07) is 9.71. The first-order chi connectivity index (χ1) is 19.0. The summed E-state index contributed by atoms with van der Waals surface area (Å²) in [5.41, 5.74) is 0.481. The van der Waals surface area contributed by atoms with Crippen molar-refractivity contribution >= 4 is 38.6 Å². The zero-order valence-electron chi connectivity index (χ0n) is 22.5. The van der Waals surface area contributed by atoms with Crippen molar-refractivity contribution in [1.82, 2.24) is 14.9 Å². The van der Waals surface area contributed by atoms with Gasteiger partial charge in [-0.15, -0.1) is 0 Å². The number of carbonyl (C=O) groups excluding carboxylic acids is 3. The predicted molar refractivity (Wildman–Crippen MR) is 145 cm³/mol. The summed E-state index contributed by atoms with van der Waals surface area (Å²) in [5, 5.41) is 6.05. The lowest BCUT2D eigenvalue weighted by atomic mass is 10.0. The van der Waals surface area contributed by atoms with Crippen molar-refractivity contribution in [3.05, 3.63) is 60.1 Å². The van der Waals surface area contributed by atoms with Crippen LogP contribution in [0.15, 0.2) is 57.8 Å². The van der Waals surface area contributed by atoms with Gasteiger partial charge in [-0.2, -0.15) is 4.31 Å². The smallest absolute Gasteiger partial charge is 0.287 e. The van der Waals surface area contributed by atoms with Gasteiger partial charge in [0.1, 0.15) is 28.1 Å². The summed E-state index contributed by atoms with van der Waals surface area (Å²) in [7, 11) is -2.72. The number of sulfonamides is 1. The van der Waals surface area contributed by atoms with Crippen LogP contribution in [0.2, 0.25) is 0 Å². The number of rotatable bonds is 9. The molecule has 1 saturated heterocycles. The van der Waals surface area contributed by atoms with Crippen molar-refractivity contribution in [2.24, 2.45) is 5.92 Å². The second kappa shape index (κ2) is 12.2. The number of hydrogen-bond acceptors (Lipinski definition) is 7. The van der Waals surface area contributed by atoms with Gasteiger partial charge in [-0.25, -0.2) is 12.8 Å². The van der Waals surface area contributed by atoms with E-state index in [1.165, 1.54) is 19.2 Å². The maximum atomic E-state index is 14.2. The Morgan fingerprint density at radius 1 is 1.18 bits per heavy atom. The molecule has 2 atom stereocenters. The molecule has 2 unspecified atom stereocenters. The zero-order valence-corrected chi connectivity index (χ0v) is 23.3. The van der Waals surface area contributed by atoms with Gasteiger partial charge in [0.05, 0.1) is 19.7 Å². The average Bonchev–Trinajstić information content (AvgIpc) is 3.25. The Bertz CT molecular complexity index is 1520. The van der Waals surface area contributed by atoms with E-state index in [-0.39, 0.29) is 31.1 Å². The van der Waals surface area contributed by atoms with E-state index in [2.05, 4.69) is 10.6 Å². The number of carbonyl (C=O) groups is 3. The van der Waals surface area contributed by atoms with E-state index in [1.54, 1.807) is 24.3 Å². The number of amides is 2. The lowest BCUT2D eigenvalue weighted by Gasteiger charge is -2.23. The van der Waals surface area contributed by atoms with E-state index in [4.69, 9.17) is 9.15 Å². The van der Waals surface area contributed by atoms with Crippen LogP contribution in [0.5, 0.6) is 5.75 Å². The van der Waals surface area contributed by atoms with E-state index < -0.39 is 57.0 Å². The summed E-state index contributed by atoms with van der Waals surface area (Å²) in [5.74, 6) is -1.93. The van der Waals surface area contributed by atoms with Crippen LogP contribution in [0.4, 0.5) is 4.39 Å². The van der Waals surface area contributed by atoms with Crippen LogP contribution in [-0.2, 0) is 19.6 Å². The highest BCUT2D eigenvalue weighted by Gasteiger charge is 2.35. The van der Waals surface area contributed by atoms with Gasteiger partial charge in [0.2, 0.25) is 15.9 Å². The van der Waals surface area contributed by atoms with Crippen LogP contribution in [0.25, 0.3) is 11.0 Å². The number of halogens is 1. The van der Waals surface area contributed by atoms with E-state index in [1.807, 2.05) is 13.8 Å². The number of methoxy groups -OCH3 is 1. The topological polar surface area (TPSA) is 135 Å². The Labute approximate surface area is 231 Å². The summed E-state index contributed by atoms with van der Waals surface area (Å²) >= 11 is 0. The third-order valence-electron chi connectivity index (χ3n) is 6.67. The normalized spacial score (nSPS) is 17.4. The zero-order chi connectivity index (χ0) is 29.0. The molecule has 1 fully saturated rings. The van der Waals surface area contributed by atoms with Gasteiger partial charge in [0.15, 0.2) is 11.5 Å². The molecule has 3 aromatic rings. The maximum absolute atomic E-state index is 14.2. The van der Waals surface area contributed by atoms with E-state index in [9.17, 15) is 27.2 Å². The maximum Gasteiger partial charge on any atom is 0.287 e. The second-order valence-corrected chi connectivity index (χ2v) is 12.0. The SMILES string of the molecule is COc1ccc2oc(C(=O)NC(CC(C)C)C(=O)NC3CCCN(S(=O)(=O)c4ccccc4F)CC3=O)cc2c1. The molecule has 0 saturated carbocycles. The van der Waals surface area contributed by atoms with Gasteiger partial charge in [0.25, 0.3) is 5.91 Å². The number of fused-ring (bicyclic) bond motifs is 1. The number of Topliss-reactive ketones (excluding diaryl/α,β-unsaturated/α-hetero) is 1. The molecule has 12 heteroatoms. The number of hydrogen-bond donors (Lipinski definition) is 2. The minimum atomic E-state index is -4.25. The molecule has 0 spiro atoms. The Hall–Kier alpha value is -3.77. The number of benzene rings is 2. The summed E-state index contributed by atoms with van der Waals surface area (Å²) in [4.78, 5) is 38.8. The van der Waals surface area contributed by atoms with Gasteiger partial charge in [0, 0.05) is 11.9 Å². The first-order valence-corrected chi connectivity index (χ1v) is 14.4. The van der Waals surface area contributed by atoms with Crippen molar-refractivity contribution < 1.29 is 36.3 Å². The Kier molecular flexibility index (Phi) is 8.89. The number of furan rings is 1. The van der Waals surface area contributed by atoms with Crippen molar-refractivity contribution in [3.63, 3.8) is 0 Å². The largest absolute Gasteiger partial charge is 0.497 e. The number of nitrogens with one attached hydrogen (secondary N) is 2. The average molecular weight is 574 g/mol. The lowest BCUT2D eigenvalue weighted by molar-refractivity contribution is -0.129. The van der Waals surface area contributed by atoms with Crippen molar-refractivity contribution in [2.45, 2.75) is 50.1 Å². The molecule has 214 valence electrons. The quantitative estimate of drug-likeness (QED) is 0.401. The molecule has 1 aromatic heterocycles. The first-order valence-electron chi connectivity index (χ1n) is 13.0. The van der Waals surface area contributed by atoms with Crippen LogP contribution in [0, 0.1) is 11.7 Å². The third-order valence-corrected chi connectivity index (χ3v) is 8.55. The predicted octanol–water partition coefficient (Wildman–Crippen LogP) is 3.26. The van der Waals surface area contributed by atoms with Gasteiger partial charge in [-0.3, -0.25) is 14.4 Å². The molecule has 2 heterocycles. The Balaban J connectivity index is 1.45. The molecule has 2 aromatic carbocycles. The number of ether oxygens (including phenoxy) is 1. The molecule has 0 bridgehead atoms. The fraction of sp³-hybridized carbons (Fsp3) is 0.393. The third kappa shape index (κ3) is 6.50. The Morgan fingerprint density at radius 3 is 2.62 bits per heavy atom. The molecular weight excluding hydrogens is 541 g/mol. The van der Waals surface area contributed by atoms with Gasteiger partial charge >= 0.3 is 0 Å². The van der Waals surface area contributed by atoms with E-state index in [0.29, 0.717) is 23.1 Å². The molecule has 4 rings (SSSR count). The van der Waals surface area contributed by atoms with Crippen LogP contribution >= 0.6 is 0 Å². The van der Waals surface area contributed by atoms with Crippen LogP contribution < -0.4 is 15.4 Å². The number of ketones is 1. The van der Waals surface area contributed by atoms with Gasteiger partial charge in [-0.05, 0) is 61.6 Å². The molecule has 2 N–H and O–H groups in total.